The molecule has 0 radical (unpaired) electrons. The van der Waals surface area contributed by atoms with E-state index in [1.54, 1.807) is 6.07 Å². The molecule has 0 amide bonds. The second-order valence-corrected chi connectivity index (χ2v) is 3.49. The Morgan fingerprint density at radius 2 is 2.21 bits per heavy atom. The second kappa shape index (κ2) is 4.70. The summed E-state index contributed by atoms with van der Waals surface area (Å²) in [7, 11) is 1.86. The van der Waals surface area contributed by atoms with Crippen molar-refractivity contribution in [1.29, 1.82) is 0 Å². The molecule has 2 heteroatoms. The lowest BCUT2D eigenvalue weighted by molar-refractivity contribution is 0.467. The maximum atomic E-state index is 9.63. The monoisotopic (exact) mass is 191 g/mol. The van der Waals surface area contributed by atoms with Gasteiger partial charge in [0.05, 0.1) is 0 Å². The van der Waals surface area contributed by atoms with Gasteiger partial charge >= 0.3 is 0 Å². The molecule has 0 unspecified atom stereocenters. The van der Waals surface area contributed by atoms with Crippen molar-refractivity contribution in [3.8, 4) is 5.75 Å². The highest BCUT2D eigenvalue weighted by Gasteiger charge is 2.01. The molecule has 0 saturated carbocycles. The van der Waals surface area contributed by atoms with Gasteiger partial charge in [0.15, 0.2) is 0 Å². The molecule has 2 N–H and O–H groups in total. The van der Waals surface area contributed by atoms with Gasteiger partial charge in [0.2, 0.25) is 0 Å². The fourth-order valence-corrected chi connectivity index (χ4v) is 1.30. The van der Waals surface area contributed by atoms with Gasteiger partial charge in [0.25, 0.3) is 0 Å². The summed E-state index contributed by atoms with van der Waals surface area (Å²) in [6.45, 7) is 5.81. The molecular formula is C12H17NO. The Morgan fingerprint density at radius 1 is 1.50 bits per heavy atom. The summed E-state index contributed by atoms with van der Waals surface area (Å²) in [5, 5.41) is 12.6. The third kappa shape index (κ3) is 2.80. The van der Waals surface area contributed by atoms with Gasteiger partial charge in [0, 0.05) is 12.7 Å². The van der Waals surface area contributed by atoms with Gasteiger partial charge in [-0.05, 0) is 37.0 Å². The fraction of sp³-hybridized carbons (Fsp3) is 0.333. The quantitative estimate of drug-likeness (QED) is 0.765. The number of allylic oxidation sites excluding steroid dienone is 1. The summed E-state index contributed by atoms with van der Waals surface area (Å²) in [6.07, 6.45) is 1.68. The van der Waals surface area contributed by atoms with Crippen molar-refractivity contribution < 1.29 is 5.11 Å². The first kappa shape index (κ1) is 10.6. The minimum absolute atomic E-state index is 0.383. The van der Waals surface area contributed by atoms with Crippen LogP contribution < -0.4 is 5.32 Å². The van der Waals surface area contributed by atoms with Gasteiger partial charge in [-0.3, -0.25) is 0 Å². The molecule has 2 nitrogen and oxygen atoms in total. The molecule has 0 atom stereocenters. The lowest BCUT2D eigenvalue weighted by Crippen LogP contribution is -2.05. The van der Waals surface area contributed by atoms with E-state index in [2.05, 4.69) is 11.9 Å². The molecule has 0 aliphatic heterocycles. The molecule has 1 aromatic rings. The Labute approximate surface area is 85.3 Å². The number of hydrogen-bond acceptors (Lipinski definition) is 2. The number of nitrogens with one attached hydrogen (secondary N) is 1. The summed E-state index contributed by atoms with van der Waals surface area (Å²) >= 11 is 0. The number of rotatable bonds is 4. The zero-order chi connectivity index (χ0) is 10.6. The van der Waals surface area contributed by atoms with E-state index in [0.29, 0.717) is 5.75 Å². The third-order valence-electron chi connectivity index (χ3n) is 2.29. The van der Waals surface area contributed by atoms with Crippen LogP contribution in [0.5, 0.6) is 5.75 Å². The van der Waals surface area contributed by atoms with Crippen LogP contribution in [0.2, 0.25) is 0 Å². The predicted octanol–water partition coefficient (Wildman–Crippen LogP) is 2.37. The number of aromatic hydroxyl groups is 1. The molecule has 0 spiro atoms. The van der Waals surface area contributed by atoms with E-state index in [1.165, 1.54) is 0 Å². The molecule has 14 heavy (non-hydrogen) atoms. The summed E-state index contributed by atoms with van der Waals surface area (Å²) < 4.78 is 0. The van der Waals surface area contributed by atoms with Crippen molar-refractivity contribution in [2.75, 3.05) is 7.05 Å². The first-order valence-electron chi connectivity index (χ1n) is 4.77. The number of phenols is 1. The molecular weight excluding hydrogens is 174 g/mol. The molecule has 0 aromatic heterocycles. The van der Waals surface area contributed by atoms with Crippen LogP contribution in [0.1, 0.15) is 17.5 Å². The zero-order valence-electron chi connectivity index (χ0n) is 8.80. The van der Waals surface area contributed by atoms with Crippen molar-refractivity contribution in [2.45, 2.75) is 19.8 Å². The number of phenolic OH excluding ortho intramolecular Hbond substituents is 1. The average Bonchev–Trinajstić information content (AvgIpc) is 2.16. The van der Waals surface area contributed by atoms with Crippen LogP contribution in [-0.4, -0.2) is 12.2 Å². The van der Waals surface area contributed by atoms with E-state index in [1.807, 2.05) is 26.1 Å². The number of aryl methyl sites for hydroxylation is 2. The van der Waals surface area contributed by atoms with E-state index in [-0.39, 0.29) is 0 Å². The second-order valence-electron chi connectivity index (χ2n) is 3.49. The Hall–Kier alpha value is -1.44. The molecule has 0 saturated heterocycles. The Balaban J connectivity index is 2.63. The van der Waals surface area contributed by atoms with Crippen LogP contribution >= 0.6 is 0 Å². The van der Waals surface area contributed by atoms with Gasteiger partial charge in [-0.2, -0.15) is 0 Å². The molecule has 1 rings (SSSR count). The molecule has 0 aliphatic rings. The summed E-state index contributed by atoms with van der Waals surface area (Å²) in [5.74, 6) is 0.383. The normalized spacial score (nSPS) is 9.86. The first-order chi connectivity index (χ1) is 6.63. The van der Waals surface area contributed by atoms with Crippen LogP contribution in [0, 0.1) is 6.92 Å². The van der Waals surface area contributed by atoms with Gasteiger partial charge in [0.1, 0.15) is 5.75 Å². The van der Waals surface area contributed by atoms with Crippen molar-refractivity contribution in [3.63, 3.8) is 0 Å². The SMILES string of the molecule is C=C(CCc1ccc(C)cc1O)NC. The third-order valence-corrected chi connectivity index (χ3v) is 2.29. The summed E-state index contributed by atoms with van der Waals surface area (Å²) in [5.41, 5.74) is 3.05. The number of benzene rings is 1. The van der Waals surface area contributed by atoms with Crippen molar-refractivity contribution >= 4 is 0 Å². The number of hydrogen-bond donors (Lipinski definition) is 2. The highest BCUT2D eigenvalue weighted by Crippen LogP contribution is 2.20. The molecule has 0 aliphatic carbocycles. The van der Waals surface area contributed by atoms with Crippen molar-refractivity contribution in [1.82, 2.24) is 5.32 Å². The standard InChI is InChI=1S/C12H17NO/c1-9-4-6-11(12(14)8-9)7-5-10(2)13-3/h4,6,8,13-14H,2,5,7H2,1,3H3. The van der Waals surface area contributed by atoms with Gasteiger partial charge < -0.3 is 10.4 Å². The van der Waals surface area contributed by atoms with E-state index >= 15 is 0 Å². The Morgan fingerprint density at radius 3 is 2.79 bits per heavy atom. The lowest BCUT2D eigenvalue weighted by Gasteiger charge is -2.07. The summed E-state index contributed by atoms with van der Waals surface area (Å²) in [4.78, 5) is 0. The summed E-state index contributed by atoms with van der Waals surface area (Å²) in [6, 6.07) is 5.77. The average molecular weight is 191 g/mol. The van der Waals surface area contributed by atoms with Crippen molar-refractivity contribution in [3.05, 3.63) is 41.6 Å². The van der Waals surface area contributed by atoms with Gasteiger partial charge in [-0.1, -0.05) is 18.7 Å². The van der Waals surface area contributed by atoms with Gasteiger partial charge in [-0.15, -0.1) is 0 Å². The van der Waals surface area contributed by atoms with E-state index < -0.39 is 0 Å². The first-order valence-corrected chi connectivity index (χ1v) is 4.77. The molecule has 76 valence electrons. The molecule has 0 heterocycles. The van der Waals surface area contributed by atoms with Crippen molar-refractivity contribution in [2.24, 2.45) is 0 Å². The maximum Gasteiger partial charge on any atom is 0.119 e. The van der Waals surface area contributed by atoms with Crippen LogP contribution in [-0.2, 0) is 6.42 Å². The predicted molar refractivity (Wildman–Crippen MR) is 59.4 cm³/mol. The molecule has 0 fully saturated rings. The fourth-order valence-electron chi connectivity index (χ4n) is 1.30. The van der Waals surface area contributed by atoms with Crippen LogP contribution in [0.4, 0.5) is 0 Å². The highest BCUT2D eigenvalue weighted by molar-refractivity contribution is 5.36. The van der Waals surface area contributed by atoms with Gasteiger partial charge in [-0.25, -0.2) is 0 Å². The van der Waals surface area contributed by atoms with Crippen LogP contribution in [0.25, 0.3) is 0 Å². The maximum absolute atomic E-state index is 9.63. The van der Waals surface area contributed by atoms with Crippen LogP contribution in [0.15, 0.2) is 30.5 Å². The molecule has 1 aromatic carbocycles. The zero-order valence-corrected chi connectivity index (χ0v) is 8.80. The minimum Gasteiger partial charge on any atom is -0.508 e. The topological polar surface area (TPSA) is 32.3 Å². The Bertz CT molecular complexity index is 331. The minimum atomic E-state index is 0.383. The van der Waals surface area contributed by atoms with Crippen LogP contribution in [0.3, 0.4) is 0 Å². The Kier molecular flexibility index (Phi) is 3.57. The molecule has 0 bridgehead atoms. The van der Waals surface area contributed by atoms with E-state index in [4.69, 9.17) is 0 Å². The van der Waals surface area contributed by atoms with E-state index in [9.17, 15) is 5.11 Å². The lowest BCUT2D eigenvalue weighted by atomic mass is 10.1. The van der Waals surface area contributed by atoms with E-state index in [0.717, 1.165) is 29.7 Å². The highest BCUT2D eigenvalue weighted by atomic mass is 16.3. The largest absolute Gasteiger partial charge is 0.508 e. The smallest absolute Gasteiger partial charge is 0.119 e.